The van der Waals surface area contributed by atoms with E-state index in [1.54, 1.807) is 4.90 Å². The van der Waals surface area contributed by atoms with E-state index in [-0.39, 0.29) is 40.9 Å². The quantitative estimate of drug-likeness (QED) is 0.686. The highest BCUT2D eigenvalue weighted by atomic mass is 32.2. The zero-order valence-corrected chi connectivity index (χ0v) is 15.2. The first-order valence-electron chi connectivity index (χ1n) is 8.21. The lowest BCUT2D eigenvalue weighted by Crippen LogP contribution is -2.43. The van der Waals surface area contributed by atoms with Crippen molar-refractivity contribution in [2.24, 2.45) is 0 Å². The molecule has 1 saturated heterocycles. The fourth-order valence-electron chi connectivity index (χ4n) is 3.09. The number of aromatic amines is 1. The number of amides is 1. The lowest BCUT2D eigenvalue weighted by molar-refractivity contribution is -0.130. The summed E-state index contributed by atoms with van der Waals surface area (Å²) in [4.78, 5) is 26.1. The van der Waals surface area contributed by atoms with Crippen LogP contribution in [0.3, 0.4) is 0 Å². The van der Waals surface area contributed by atoms with Gasteiger partial charge in [0, 0.05) is 18.6 Å². The van der Waals surface area contributed by atoms with Gasteiger partial charge in [0.05, 0.1) is 17.3 Å². The Bertz CT molecular complexity index is 766. The number of hydrogen-bond donors (Lipinski definition) is 1. The van der Waals surface area contributed by atoms with Gasteiger partial charge in [-0.15, -0.1) is 5.10 Å². The fraction of sp³-hybridized carbons (Fsp3) is 0.786. The summed E-state index contributed by atoms with van der Waals surface area (Å²) in [7, 11) is -3.02. The van der Waals surface area contributed by atoms with Crippen LogP contribution in [0.5, 0.6) is 0 Å². The number of carbonyl (C=O) groups is 1. The summed E-state index contributed by atoms with van der Waals surface area (Å²) >= 11 is 1.23. The zero-order valence-electron chi connectivity index (χ0n) is 13.6. The highest BCUT2D eigenvalue weighted by molar-refractivity contribution is 7.99. The molecular formula is C14H22N4O4S2. The van der Waals surface area contributed by atoms with Crippen LogP contribution in [0.25, 0.3) is 0 Å². The summed E-state index contributed by atoms with van der Waals surface area (Å²) in [6.07, 6.45) is 3.21. The first-order valence-corrected chi connectivity index (χ1v) is 11.0. The zero-order chi connectivity index (χ0) is 17.3. The van der Waals surface area contributed by atoms with Crippen LogP contribution in [0.4, 0.5) is 0 Å². The van der Waals surface area contributed by atoms with Gasteiger partial charge in [0.2, 0.25) is 5.91 Å². The van der Waals surface area contributed by atoms with Crippen molar-refractivity contribution in [2.75, 3.05) is 17.3 Å². The molecule has 0 aromatic carbocycles. The van der Waals surface area contributed by atoms with Crippen molar-refractivity contribution in [2.45, 2.75) is 56.4 Å². The predicted molar refractivity (Wildman–Crippen MR) is 90.8 cm³/mol. The van der Waals surface area contributed by atoms with Gasteiger partial charge >= 0.3 is 5.69 Å². The average molecular weight is 374 g/mol. The molecule has 1 aliphatic heterocycles. The van der Waals surface area contributed by atoms with E-state index in [1.165, 1.54) is 16.3 Å². The summed E-state index contributed by atoms with van der Waals surface area (Å²) in [5.41, 5.74) is -0.271. The van der Waals surface area contributed by atoms with E-state index < -0.39 is 9.84 Å². The minimum atomic E-state index is -3.02. The van der Waals surface area contributed by atoms with E-state index in [0.29, 0.717) is 18.1 Å². The second-order valence-electron chi connectivity index (χ2n) is 6.34. The molecule has 2 fully saturated rings. The van der Waals surface area contributed by atoms with Crippen LogP contribution in [0.2, 0.25) is 0 Å². The van der Waals surface area contributed by atoms with E-state index >= 15 is 0 Å². The minimum absolute atomic E-state index is 0.0666. The van der Waals surface area contributed by atoms with Crippen molar-refractivity contribution in [3.8, 4) is 0 Å². The first-order chi connectivity index (χ1) is 11.4. The van der Waals surface area contributed by atoms with Gasteiger partial charge in [-0.1, -0.05) is 18.7 Å². The maximum absolute atomic E-state index is 12.7. The number of sulfone groups is 1. The summed E-state index contributed by atoms with van der Waals surface area (Å²) in [5, 5.41) is 6.88. The number of carbonyl (C=O) groups excluding carboxylic acids is 1. The van der Waals surface area contributed by atoms with Crippen molar-refractivity contribution >= 4 is 27.5 Å². The number of rotatable bonds is 7. The third kappa shape index (κ3) is 3.85. The normalized spacial score (nSPS) is 22.6. The monoisotopic (exact) mass is 374 g/mol. The van der Waals surface area contributed by atoms with Crippen molar-refractivity contribution in [1.29, 1.82) is 0 Å². The van der Waals surface area contributed by atoms with Gasteiger partial charge < -0.3 is 4.90 Å². The maximum Gasteiger partial charge on any atom is 0.343 e. The topological polar surface area (TPSA) is 105 Å². The Labute approximate surface area is 144 Å². The Morgan fingerprint density at radius 2 is 2.12 bits per heavy atom. The van der Waals surface area contributed by atoms with Crippen LogP contribution in [0, 0.1) is 0 Å². The largest absolute Gasteiger partial charge is 0.343 e. The predicted octanol–water partition coefficient (Wildman–Crippen LogP) is 0.252. The van der Waals surface area contributed by atoms with Crippen LogP contribution >= 0.6 is 11.8 Å². The van der Waals surface area contributed by atoms with Crippen molar-refractivity contribution < 1.29 is 13.2 Å². The van der Waals surface area contributed by atoms with Gasteiger partial charge in [-0.25, -0.2) is 18.3 Å². The molecule has 1 N–H and O–H groups in total. The second kappa shape index (κ2) is 6.91. The Hall–Kier alpha value is -1.29. The van der Waals surface area contributed by atoms with Crippen molar-refractivity contribution in [1.82, 2.24) is 19.7 Å². The molecule has 3 rings (SSSR count). The molecule has 1 saturated carbocycles. The molecule has 10 heteroatoms. The lowest BCUT2D eigenvalue weighted by Gasteiger charge is -2.28. The summed E-state index contributed by atoms with van der Waals surface area (Å²) in [6.45, 7) is 2.52. The standard InChI is InChI=1S/C14H22N4O4S2/c1-2-6-17-13(20)15-16-14(17)23-8-12(19)18(10-3-4-10)11-5-7-24(21,22)9-11/h10-11H,2-9H2,1H3,(H,15,20)/t11-/m0/s1. The number of H-pyrrole nitrogens is 1. The van der Waals surface area contributed by atoms with Gasteiger partial charge in [0.1, 0.15) is 0 Å². The molecule has 24 heavy (non-hydrogen) atoms. The molecular weight excluding hydrogens is 352 g/mol. The number of aromatic nitrogens is 3. The summed E-state index contributed by atoms with van der Waals surface area (Å²) < 4.78 is 25.0. The third-order valence-corrected chi connectivity index (χ3v) is 7.04. The first kappa shape index (κ1) is 17.5. The lowest BCUT2D eigenvalue weighted by atomic mass is 10.2. The van der Waals surface area contributed by atoms with Crippen LogP contribution in [0.15, 0.2) is 9.95 Å². The van der Waals surface area contributed by atoms with E-state index in [9.17, 15) is 18.0 Å². The highest BCUT2D eigenvalue weighted by Gasteiger charge is 2.41. The minimum Gasteiger partial charge on any atom is -0.335 e. The van der Waals surface area contributed by atoms with Crippen LogP contribution in [0.1, 0.15) is 32.6 Å². The fourth-order valence-corrected chi connectivity index (χ4v) is 5.64. The highest BCUT2D eigenvalue weighted by Crippen LogP contribution is 2.33. The van der Waals surface area contributed by atoms with Gasteiger partial charge in [0.25, 0.3) is 0 Å². The molecule has 0 radical (unpaired) electrons. The van der Waals surface area contributed by atoms with Crippen LogP contribution in [-0.2, 0) is 21.2 Å². The molecule has 8 nitrogen and oxygen atoms in total. The van der Waals surface area contributed by atoms with Gasteiger partial charge in [-0.2, -0.15) is 0 Å². The summed E-state index contributed by atoms with van der Waals surface area (Å²) in [6, 6.07) is -0.0268. The smallest absolute Gasteiger partial charge is 0.335 e. The van der Waals surface area contributed by atoms with E-state index in [2.05, 4.69) is 10.2 Å². The molecule has 0 unspecified atom stereocenters. The number of thioether (sulfide) groups is 1. The van der Waals surface area contributed by atoms with E-state index in [4.69, 9.17) is 0 Å². The molecule has 0 spiro atoms. The molecule has 1 amide bonds. The average Bonchev–Trinajstić information content (AvgIpc) is 3.20. The van der Waals surface area contributed by atoms with Gasteiger partial charge in [-0.3, -0.25) is 9.36 Å². The van der Waals surface area contributed by atoms with E-state index in [1.807, 2.05) is 6.92 Å². The van der Waals surface area contributed by atoms with Crippen LogP contribution in [-0.4, -0.2) is 63.3 Å². The maximum atomic E-state index is 12.7. The Kier molecular flexibility index (Phi) is 5.05. The molecule has 2 aliphatic rings. The molecule has 0 bridgehead atoms. The molecule has 1 aromatic rings. The molecule has 1 atom stereocenters. The Morgan fingerprint density at radius 3 is 2.71 bits per heavy atom. The Morgan fingerprint density at radius 1 is 1.38 bits per heavy atom. The Balaban J connectivity index is 1.66. The van der Waals surface area contributed by atoms with Crippen molar-refractivity contribution in [3.05, 3.63) is 10.5 Å². The SMILES string of the molecule is CCCn1c(SCC(=O)N(C2CC2)[C@H]2CCS(=O)(=O)C2)n[nH]c1=O. The van der Waals surface area contributed by atoms with Crippen molar-refractivity contribution in [3.63, 3.8) is 0 Å². The van der Waals surface area contributed by atoms with Crippen LogP contribution < -0.4 is 5.69 Å². The molecule has 1 aliphatic carbocycles. The number of nitrogens with zero attached hydrogens (tertiary/aromatic N) is 3. The summed E-state index contributed by atoms with van der Waals surface area (Å²) in [5.74, 6) is 0.337. The van der Waals surface area contributed by atoms with Gasteiger partial charge in [-0.05, 0) is 25.7 Å². The van der Waals surface area contributed by atoms with E-state index in [0.717, 1.165) is 19.3 Å². The molecule has 2 heterocycles. The number of hydrogen-bond acceptors (Lipinski definition) is 6. The van der Waals surface area contributed by atoms with Gasteiger partial charge in [0.15, 0.2) is 15.0 Å². The second-order valence-corrected chi connectivity index (χ2v) is 9.51. The third-order valence-electron chi connectivity index (χ3n) is 4.33. The molecule has 134 valence electrons. The molecule has 1 aromatic heterocycles. The number of nitrogens with one attached hydrogen (secondary N) is 1.